The van der Waals surface area contributed by atoms with Crippen molar-refractivity contribution in [3.8, 4) is 0 Å². The van der Waals surface area contributed by atoms with Gasteiger partial charge in [0, 0.05) is 6.08 Å². The van der Waals surface area contributed by atoms with Gasteiger partial charge in [0.15, 0.2) is 0 Å². The maximum Gasteiger partial charge on any atom is 0.330 e. The summed E-state index contributed by atoms with van der Waals surface area (Å²) >= 11 is 0. The first-order valence-electron chi connectivity index (χ1n) is 8.88. The van der Waals surface area contributed by atoms with E-state index in [-0.39, 0.29) is 52.2 Å². The van der Waals surface area contributed by atoms with Crippen molar-refractivity contribution in [3.05, 3.63) is 12.7 Å². The Morgan fingerprint density at radius 3 is 1.78 bits per heavy atom. The van der Waals surface area contributed by atoms with Crippen LogP contribution >= 0.6 is 0 Å². The summed E-state index contributed by atoms with van der Waals surface area (Å²) in [7, 11) is 0. The van der Waals surface area contributed by atoms with Crippen LogP contribution in [0.4, 0.5) is 0 Å². The minimum Gasteiger partial charge on any atom is -0.466 e. The van der Waals surface area contributed by atoms with Crippen molar-refractivity contribution in [1.82, 2.24) is 0 Å². The Balaban J connectivity index is -0.000000165. The Bertz CT molecular complexity index is 306. The van der Waals surface area contributed by atoms with E-state index in [2.05, 4.69) is 11.3 Å². The quantitative estimate of drug-likeness (QED) is 0.245. The van der Waals surface area contributed by atoms with E-state index in [1.165, 1.54) is 6.08 Å². The Morgan fingerprint density at radius 2 is 1.37 bits per heavy atom. The van der Waals surface area contributed by atoms with E-state index >= 15 is 0 Å². The average molecular weight is 397 g/mol. The molecule has 0 aromatic carbocycles. The minimum absolute atomic E-state index is 0. The highest BCUT2D eigenvalue weighted by molar-refractivity contribution is 5.81. The predicted molar refractivity (Wildman–Crippen MR) is 105 cm³/mol. The molecular weight excluding hydrogens is 356 g/mol. The van der Waals surface area contributed by atoms with Crippen LogP contribution < -0.4 is 0 Å². The highest BCUT2D eigenvalue weighted by atomic mass is 16.5. The van der Waals surface area contributed by atoms with Crippen molar-refractivity contribution in [2.24, 2.45) is 0 Å². The standard InChI is InChI=1S/C9H18O4.C7H12O2.C2H6O2.CH4/c1-2-3-6-13-9(11)4-7-12-8-5-10;1-3-5-6-9-7(8)4-2;3-1-2-4;/h10H,2-8H2,1H3;4H,2-3,5-6H2,1H3;3-4H,1-2H2;1H4. The normalized spacial score (nSPS) is 8.78. The third kappa shape index (κ3) is 40.5. The summed E-state index contributed by atoms with van der Waals surface area (Å²) < 4.78 is 14.5. The molecule has 8 heteroatoms. The van der Waals surface area contributed by atoms with Gasteiger partial charge in [-0.25, -0.2) is 4.79 Å². The molecule has 0 fully saturated rings. The van der Waals surface area contributed by atoms with E-state index in [4.69, 9.17) is 24.8 Å². The summed E-state index contributed by atoms with van der Waals surface area (Å²) in [6.07, 6.45) is 5.35. The molecule has 0 aromatic heterocycles. The highest BCUT2D eigenvalue weighted by Crippen LogP contribution is 1.92. The fourth-order valence-corrected chi connectivity index (χ4v) is 1.10. The number of carbonyl (C=O) groups is 2. The summed E-state index contributed by atoms with van der Waals surface area (Å²) in [4.78, 5) is 21.3. The zero-order valence-corrected chi connectivity index (χ0v) is 16.2. The second kappa shape index (κ2) is 32.2. The molecule has 0 saturated carbocycles. The number of aliphatic hydroxyl groups is 3. The van der Waals surface area contributed by atoms with Gasteiger partial charge in [-0.05, 0) is 12.8 Å². The number of unbranched alkanes of at least 4 members (excludes halogenated alkanes) is 2. The number of hydrogen-bond donors (Lipinski definition) is 3. The van der Waals surface area contributed by atoms with Crippen LogP contribution in [0.25, 0.3) is 0 Å². The van der Waals surface area contributed by atoms with Gasteiger partial charge in [0.2, 0.25) is 0 Å². The van der Waals surface area contributed by atoms with E-state index < -0.39 is 0 Å². The van der Waals surface area contributed by atoms with E-state index in [9.17, 15) is 9.59 Å². The molecule has 27 heavy (non-hydrogen) atoms. The first kappa shape index (κ1) is 33.1. The van der Waals surface area contributed by atoms with E-state index in [0.717, 1.165) is 25.7 Å². The van der Waals surface area contributed by atoms with Gasteiger partial charge in [-0.1, -0.05) is 40.7 Å². The van der Waals surface area contributed by atoms with Gasteiger partial charge in [-0.15, -0.1) is 0 Å². The second-order valence-electron chi connectivity index (χ2n) is 4.83. The molecule has 164 valence electrons. The van der Waals surface area contributed by atoms with Crippen LogP contribution in [0.3, 0.4) is 0 Å². The molecule has 0 radical (unpaired) electrons. The molecule has 0 amide bonds. The third-order valence-corrected chi connectivity index (χ3v) is 2.46. The fraction of sp³-hybridized carbons (Fsp3) is 0.789. The first-order chi connectivity index (χ1) is 12.5. The van der Waals surface area contributed by atoms with Crippen LogP contribution in [0.1, 0.15) is 53.4 Å². The van der Waals surface area contributed by atoms with E-state index in [1.807, 2.05) is 13.8 Å². The molecule has 0 saturated heterocycles. The van der Waals surface area contributed by atoms with Crippen molar-refractivity contribution in [2.75, 3.05) is 46.2 Å². The van der Waals surface area contributed by atoms with Crippen molar-refractivity contribution in [1.29, 1.82) is 0 Å². The topological polar surface area (TPSA) is 123 Å². The maximum atomic E-state index is 10.9. The monoisotopic (exact) mass is 396 g/mol. The lowest BCUT2D eigenvalue weighted by molar-refractivity contribution is -0.145. The van der Waals surface area contributed by atoms with Gasteiger partial charge in [0.1, 0.15) is 0 Å². The van der Waals surface area contributed by atoms with Gasteiger partial charge in [0.05, 0.1) is 52.7 Å². The molecule has 0 rings (SSSR count). The zero-order chi connectivity index (χ0) is 20.5. The van der Waals surface area contributed by atoms with Gasteiger partial charge in [0.25, 0.3) is 0 Å². The zero-order valence-electron chi connectivity index (χ0n) is 16.2. The van der Waals surface area contributed by atoms with Crippen LogP contribution in [0, 0.1) is 0 Å². The molecule has 0 aliphatic heterocycles. The molecule has 0 atom stereocenters. The van der Waals surface area contributed by atoms with Crippen LogP contribution in [-0.4, -0.2) is 73.5 Å². The lowest BCUT2D eigenvalue weighted by Gasteiger charge is -2.03. The average Bonchev–Trinajstić information content (AvgIpc) is 2.66. The highest BCUT2D eigenvalue weighted by Gasteiger charge is 2.01. The van der Waals surface area contributed by atoms with Crippen LogP contribution in [-0.2, 0) is 23.8 Å². The molecule has 0 bridgehead atoms. The van der Waals surface area contributed by atoms with Gasteiger partial charge in [-0.2, -0.15) is 0 Å². The minimum atomic E-state index is -0.330. The summed E-state index contributed by atoms with van der Waals surface area (Å²) in [5, 5.41) is 23.6. The lowest BCUT2D eigenvalue weighted by Crippen LogP contribution is -2.10. The molecule has 0 heterocycles. The molecule has 0 aliphatic carbocycles. The first-order valence-corrected chi connectivity index (χ1v) is 8.88. The predicted octanol–water partition coefficient (Wildman–Crippen LogP) is 1.85. The largest absolute Gasteiger partial charge is 0.466 e. The molecule has 0 spiro atoms. The molecule has 3 N–H and O–H groups in total. The van der Waals surface area contributed by atoms with Crippen LogP contribution in [0.15, 0.2) is 12.7 Å². The lowest BCUT2D eigenvalue weighted by atomic mass is 10.4. The molecule has 0 aromatic rings. The fourth-order valence-electron chi connectivity index (χ4n) is 1.10. The van der Waals surface area contributed by atoms with Gasteiger partial charge >= 0.3 is 11.9 Å². The Kier molecular flexibility index (Phi) is 39.5. The molecule has 0 aliphatic rings. The Hall–Kier alpha value is -1.48. The number of aliphatic hydroxyl groups excluding tert-OH is 3. The third-order valence-electron chi connectivity index (χ3n) is 2.46. The number of carbonyl (C=O) groups excluding carboxylic acids is 2. The maximum absolute atomic E-state index is 10.9. The summed E-state index contributed by atoms with van der Waals surface area (Å²) in [5.41, 5.74) is 0. The van der Waals surface area contributed by atoms with Crippen molar-refractivity contribution in [3.63, 3.8) is 0 Å². The number of esters is 2. The van der Waals surface area contributed by atoms with E-state index in [1.54, 1.807) is 0 Å². The molecular formula is C19H40O8. The SMILES string of the molecule is C.C=CC(=O)OCCCC.CCCCOC(=O)CCOCCO.OCCO. The number of rotatable bonds is 13. The second-order valence-corrected chi connectivity index (χ2v) is 4.83. The van der Waals surface area contributed by atoms with E-state index in [0.29, 0.717) is 19.8 Å². The summed E-state index contributed by atoms with van der Waals surface area (Å²) in [6, 6.07) is 0. The summed E-state index contributed by atoms with van der Waals surface area (Å²) in [6.45, 7) is 8.70. The van der Waals surface area contributed by atoms with Crippen molar-refractivity contribution < 1.29 is 39.1 Å². The van der Waals surface area contributed by atoms with Crippen molar-refractivity contribution >= 4 is 11.9 Å². The number of hydrogen-bond acceptors (Lipinski definition) is 8. The van der Waals surface area contributed by atoms with Gasteiger partial charge < -0.3 is 29.5 Å². The van der Waals surface area contributed by atoms with Crippen LogP contribution in [0.5, 0.6) is 0 Å². The number of ether oxygens (including phenoxy) is 3. The molecule has 8 nitrogen and oxygen atoms in total. The smallest absolute Gasteiger partial charge is 0.330 e. The Morgan fingerprint density at radius 1 is 0.852 bits per heavy atom. The van der Waals surface area contributed by atoms with Crippen molar-refractivity contribution in [2.45, 2.75) is 53.4 Å². The molecule has 0 unspecified atom stereocenters. The van der Waals surface area contributed by atoms with Gasteiger partial charge in [-0.3, -0.25) is 4.79 Å². The van der Waals surface area contributed by atoms with Crippen LogP contribution in [0.2, 0.25) is 0 Å². The summed E-state index contributed by atoms with van der Waals surface area (Å²) in [5.74, 6) is -0.560. The Labute approximate surface area is 164 Å².